The number of allylic oxidation sites excluding steroid dienone is 1. The first kappa shape index (κ1) is 12.9. The summed E-state index contributed by atoms with van der Waals surface area (Å²) in [5, 5.41) is 0. The molecule has 0 aliphatic rings. The van der Waals surface area contributed by atoms with Crippen molar-refractivity contribution < 1.29 is 0 Å². The van der Waals surface area contributed by atoms with Gasteiger partial charge in [0.25, 0.3) is 0 Å². The van der Waals surface area contributed by atoms with Crippen molar-refractivity contribution in [3.8, 4) is 0 Å². The molecule has 0 saturated carbocycles. The van der Waals surface area contributed by atoms with Crippen LogP contribution < -0.4 is 0 Å². The van der Waals surface area contributed by atoms with Gasteiger partial charge in [-0.25, -0.2) is 9.97 Å². The Hall–Kier alpha value is -1.18. The van der Waals surface area contributed by atoms with Gasteiger partial charge in [0, 0.05) is 18.3 Å². The molecule has 0 aromatic carbocycles. The van der Waals surface area contributed by atoms with Crippen LogP contribution >= 0.6 is 0 Å². The summed E-state index contributed by atoms with van der Waals surface area (Å²) in [5.41, 5.74) is 1.21. The Morgan fingerprint density at radius 1 is 1.31 bits per heavy atom. The highest BCUT2D eigenvalue weighted by atomic mass is 14.9. The van der Waals surface area contributed by atoms with Crippen LogP contribution in [0, 0.1) is 0 Å². The van der Waals surface area contributed by atoms with E-state index in [4.69, 9.17) is 0 Å². The molecule has 0 spiro atoms. The van der Waals surface area contributed by atoms with E-state index in [1.165, 1.54) is 18.4 Å². The van der Waals surface area contributed by atoms with Gasteiger partial charge in [-0.2, -0.15) is 0 Å². The van der Waals surface area contributed by atoms with Crippen LogP contribution in [0.5, 0.6) is 0 Å². The highest BCUT2D eigenvalue weighted by Gasteiger charge is 2.12. The van der Waals surface area contributed by atoms with E-state index in [0.29, 0.717) is 5.92 Å². The summed E-state index contributed by atoms with van der Waals surface area (Å²) in [6, 6.07) is 0. The molecular formula is C14H22N2. The van der Waals surface area contributed by atoms with E-state index >= 15 is 0 Å². The second-order valence-corrected chi connectivity index (χ2v) is 4.17. The Bertz CT molecular complexity index is 303. The summed E-state index contributed by atoms with van der Waals surface area (Å²) in [4.78, 5) is 8.92. The van der Waals surface area contributed by atoms with Gasteiger partial charge >= 0.3 is 0 Å². The molecule has 1 unspecified atom stereocenters. The molecule has 16 heavy (non-hydrogen) atoms. The zero-order valence-electron chi connectivity index (χ0n) is 10.4. The Kier molecular flexibility index (Phi) is 5.76. The molecule has 1 heterocycles. The minimum Gasteiger partial charge on any atom is -0.241 e. The Morgan fingerprint density at radius 3 is 2.50 bits per heavy atom. The van der Waals surface area contributed by atoms with Crippen LogP contribution in [0.25, 0.3) is 0 Å². The Morgan fingerprint density at radius 2 is 2.00 bits per heavy atom. The predicted molar refractivity (Wildman–Crippen MR) is 68.5 cm³/mol. The maximum Gasteiger partial charge on any atom is 0.131 e. The maximum absolute atomic E-state index is 4.46. The molecule has 0 saturated heterocycles. The minimum atomic E-state index is 0.448. The number of rotatable bonds is 7. The molecule has 0 N–H and O–H groups in total. The first-order chi connectivity index (χ1) is 7.81. The van der Waals surface area contributed by atoms with Crippen molar-refractivity contribution in [1.29, 1.82) is 0 Å². The lowest BCUT2D eigenvalue weighted by Crippen LogP contribution is -2.04. The molecule has 0 bridgehead atoms. The van der Waals surface area contributed by atoms with Crippen molar-refractivity contribution in [2.75, 3.05) is 0 Å². The van der Waals surface area contributed by atoms with Crippen LogP contribution in [-0.2, 0) is 6.42 Å². The van der Waals surface area contributed by atoms with Gasteiger partial charge in [-0.05, 0) is 24.8 Å². The summed E-state index contributed by atoms with van der Waals surface area (Å²) in [5.74, 6) is 1.42. The number of aromatic nitrogens is 2. The second-order valence-electron chi connectivity index (χ2n) is 4.17. The SMILES string of the molecule is C=CCC(CCCC)c1ncc(CC)cn1. The van der Waals surface area contributed by atoms with Crippen LogP contribution in [0.15, 0.2) is 25.0 Å². The quantitative estimate of drug-likeness (QED) is 0.649. The number of nitrogens with zero attached hydrogens (tertiary/aromatic N) is 2. The monoisotopic (exact) mass is 218 g/mol. The van der Waals surface area contributed by atoms with E-state index in [9.17, 15) is 0 Å². The van der Waals surface area contributed by atoms with Crippen LogP contribution in [-0.4, -0.2) is 9.97 Å². The Labute approximate surface area is 98.8 Å². The van der Waals surface area contributed by atoms with Crippen molar-refractivity contribution in [2.24, 2.45) is 0 Å². The predicted octanol–water partition coefficient (Wildman–Crippen LogP) is 3.89. The van der Waals surface area contributed by atoms with E-state index in [1.807, 2.05) is 18.5 Å². The first-order valence-electron chi connectivity index (χ1n) is 6.23. The highest BCUT2D eigenvalue weighted by Crippen LogP contribution is 2.22. The summed E-state index contributed by atoms with van der Waals surface area (Å²) in [7, 11) is 0. The van der Waals surface area contributed by atoms with Gasteiger partial charge in [0.05, 0.1) is 0 Å². The largest absolute Gasteiger partial charge is 0.241 e. The van der Waals surface area contributed by atoms with Crippen LogP contribution in [0.1, 0.15) is 56.8 Å². The molecule has 1 aromatic rings. The normalized spacial score (nSPS) is 12.4. The standard InChI is InChI=1S/C14H22N2/c1-4-7-9-13(8-5-2)14-15-10-12(6-3)11-16-14/h5,10-11,13H,2,4,6-9H2,1,3H3. The number of hydrogen-bond acceptors (Lipinski definition) is 2. The zero-order chi connectivity index (χ0) is 11.8. The van der Waals surface area contributed by atoms with E-state index in [1.54, 1.807) is 0 Å². The lowest BCUT2D eigenvalue weighted by molar-refractivity contribution is 0.561. The van der Waals surface area contributed by atoms with Gasteiger partial charge in [-0.1, -0.05) is 32.8 Å². The molecule has 1 aromatic heterocycles. The second kappa shape index (κ2) is 7.15. The van der Waals surface area contributed by atoms with Gasteiger partial charge in [-0.15, -0.1) is 6.58 Å². The third kappa shape index (κ3) is 3.76. The summed E-state index contributed by atoms with van der Waals surface area (Å²) < 4.78 is 0. The highest BCUT2D eigenvalue weighted by molar-refractivity contribution is 5.07. The molecule has 0 aliphatic heterocycles. The van der Waals surface area contributed by atoms with Crippen LogP contribution in [0.4, 0.5) is 0 Å². The third-order valence-electron chi connectivity index (χ3n) is 2.86. The van der Waals surface area contributed by atoms with Gasteiger partial charge < -0.3 is 0 Å². The molecule has 0 radical (unpaired) electrons. The van der Waals surface area contributed by atoms with Crippen LogP contribution in [0.3, 0.4) is 0 Å². The molecule has 1 rings (SSSR count). The van der Waals surface area contributed by atoms with Crippen molar-refractivity contribution in [3.05, 3.63) is 36.4 Å². The third-order valence-corrected chi connectivity index (χ3v) is 2.86. The molecule has 0 aliphatic carbocycles. The fourth-order valence-corrected chi connectivity index (χ4v) is 1.76. The Balaban J connectivity index is 2.70. The van der Waals surface area contributed by atoms with E-state index < -0.39 is 0 Å². The molecule has 0 amide bonds. The zero-order valence-corrected chi connectivity index (χ0v) is 10.4. The average Bonchev–Trinajstić information content (AvgIpc) is 2.35. The van der Waals surface area contributed by atoms with Crippen molar-refractivity contribution in [3.63, 3.8) is 0 Å². The van der Waals surface area contributed by atoms with E-state index in [0.717, 1.165) is 25.1 Å². The maximum atomic E-state index is 4.46. The fraction of sp³-hybridized carbons (Fsp3) is 0.571. The van der Waals surface area contributed by atoms with Crippen molar-refractivity contribution in [1.82, 2.24) is 9.97 Å². The van der Waals surface area contributed by atoms with Gasteiger partial charge in [0.15, 0.2) is 0 Å². The van der Waals surface area contributed by atoms with E-state index in [-0.39, 0.29) is 0 Å². The lowest BCUT2D eigenvalue weighted by atomic mass is 9.97. The number of hydrogen-bond donors (Lipinski definition) is 0. The fourth-order valence-electron chi connectivity index (χ4n) is 1.76. The number of aryl methyl sites for hydroxylation is 1. The topological polar surface area (TPSA) is 25.8 Å². The first-order valence-corrected chi connectivity index (χ1v) is 6.23. The van der Waals surface area contributed by atoms with Crippen molar-refractivity contribution in [2.45, 2.75) is 51.9 Å². The molecule has 1 atom stereocenters. The van der Waals surface area contributed by atoms with Crippen LogP contribution in [0.2, 0.25) is 0 Å². The van der Waals surface area contributed by atoms with E-state index in [2.05, 4.69) is 30.4 Å². The minimum absolute atomic E-state index is 0.448. The summed E-state index contributed by atoms with van der Waals surface area (Å²) >= 11 is 0. The number of unbranched alkanes of at least 4 members (excludes halogenated alkanes) is 1. The lowest BCUT2D eigenvalue weighted by Gasteiger charge is -2.13. The molecular weight excluding hydrogens is 196 g/mol. The van der Waals surface area contributed by atoms with Gasteiger partial charge in [0.1, 0.15) is 5.82 Å². The molecule has 2 nitrogen and oxygen atoms in total. The molecule has 88 valence electrons. The molecule has 2 heteroatoms. The average molecular weight is 218 g/mol. The van der Waals surface area contributed by atoms with Gasteiger partial charge in [0.2, 0.25) is 0 Å². The van der Waals surface area contributed by atoms with Gasteiger partial charge in [-0.3, -0.25) is 0 Å². The molecule has 0 fully saturated rings. The smallest absolute Gasteiger partial charge is 0.131 e. The van der Waals surface area contributed by atoms with Crippen molar-refractivity contribution >= 4 is 0 Å². The summed E-state index contributed by atoms with van der Waals surface area (Å²) in [6.07, 6.45) is 11.5. The summed E-state index contributed by atoms with van der Waals surface area (Å²) in [6.45, 7) is 8.15.